The van der Waals surface area contributed by atoms with Crippen LogP contribution in [0.25, 0.3) is 21.7 Å². The van der Waals surface area contributed by atoms with Crippen LogP contribution in [0.2, 0.25) is 0 Å². The van der Waals surface area contributed by atoms with Gasteiger partial charge < -0.3 is 19.0 Å². The summed E-state index contributed by atoms with van der Waals surface area (Å²) in [6.07, 6.45) is 1.63. The van der Waals surface area contributed by atoms with Gasteiger partial charge in [0.05, 0.1) is 39.1 Å². The summed E-state index contributed by atoms with van der Waals surface area (Å²) in [5.41, 5.74) is 1.52. The van der Waals surface area contributed by atoms with Gasteiger partial charge in [-0.25, -0.2) is 9.97 Å². The molecule has 3 aromatic heterocycles. The van der Waals surface area contributed by atoms with Crippen LogP contribution in [0.1, 0.15) is 53.6 Å². The van der Waals surface area contributed by atoms with Gasteiger partial charge in [-0.3, -0.25) is 14.9 Å². The van der Waals surface area contributed by atoms with Crippen LogP contribution in [0.15, 0.2) is 71.3 Å². The number of amides is 2. The van der Waals surface area contributed by atoms with Crippen molar-refractivity contribution < 1.29 is 19.1 Å². The summed E-state index contributed by atoms with van der Waals surface area (Å²) in [6, 6.07) is 18.1. The summed E-state index contributed by atoms with van der Waals surface area (Å²) in [5, 5.41) is 13.6. The van der Waals surface area contributed by atoms with Crippen molar-refractivity contribution >= 4 is 45.8 Å². The van der Waals surface area contributed by atoms with Crippen LogP contribution in [-0.4, -0.2) is 43.1 Å². The van der Waals surface area contributed by atoms with E-state index in [-0.39, 0.29) is 24.4 Å². The van der Waals surface area contributed by atoms with Crippen LogP contribution in [0, 0.1) is 6.92 Å². The first kappa shape index (κ1) is 27.3. The Morgan fingerprint density at radius 3 is 2.52 bits per heavy atom. The van der Waals surface area contributed by atoms with Crippen molar-refractivity contribution in [2.45, 2.75) is 52.8 Å². The van der Waals surface area contributed by atoms with Crippen molar-refractivity contribution in [2.75, 3.05) is 10.2 Å². The zero-order valence-electron chi connectivity index (χ0n) is 23.0. The maximum absolute atomic E-state index is 13.4. The highest BCUT2D eigenvalue weighted by Crippen LogP contribution is 2.31. The van der Waals surface area contributed by atoms with Crippen LogP contribution in [0.5, 0.6) is 0 Å². The maximum atomic E-state index is 13.4. The number of fused-ring (bicyclic) bond motifs is 1. The number of aromatic nitrogens is 3. The standard InChI is InChI=1S/C30H31N5O4S/c1-18(2)35(28(37)20-9-7-6-8-10-20)21-11-12-23-22(15-21)32-29(34(23)17-30(4,5)38)33-27(36)26-14-13-25(40-26)24-16-31-19(3)39-24/h6-16,18,38H,17H2,1-5H3,(H,32,33,36). The van der Waals surface area contributed by atoms with Gasteiger partial charge in [0.2, 0.25) is 5.95 Å². The summed E-state index contributed by atoms with van der Waals surface area (Å²) < 4.78 is 7.36. The lowest BCUT2D eigenvalue weighted by Crippen LogP contribution is -2.37. The van der Waals surface area contributed by atoms with E-state index in [0.29, 0.717) is 39.2 Å². The Bertz CT molecular complexity index is 1680. The number of aryl methyl sites for hydroxylation is 1. The third kappa shape index (κ3) is 5.68. The topological polar surface area (TPSA) is 113 Å². The lowest BCUT2D eigenvalue weighted by atomic mass is 10.1. The number of benzene rings is 2. The van der Waals surface area contributed by atoms with Crippen molar-refractivity contribution in [3.8, 4) is 10.6 Å². The van der Waals surface area contributed by atoms with Gasteiger partial charge >= 0.3 is 0 Å². The van der Waals surface area contributed by atoms with Gasteiger partial charge in [0.25, 0.3) is 11.8 Å². The second-order valence-electron chi connectivity index (χ2n) is 10.5. The number of nitrogens with zero attached hydrogens (tertiary/aromatic N) is 4. The number of rotatable bonds is 8. The van der Waals surface area contributed by atoms with Gasteiger partial charge in [-0.05, 0) is 70.2 Å². The first-order valence-corrected chi connectivity index (χ1v) is 13.8. The number of oxazole rings is 1. The number of carbonyl (C=O) groups is 2. The summed E-state index contributed by atoms with van der Waals surface area (Å²) in [7, 11) is 0. The molecule has 0 aliphatic carbocycles. The van der Waals surface area contributed by atoms with Crippen molar-refractivity contribution in [2.24, 2.45) is 0 Å². The zero-order valence-corrected chi connectivity index (χ0v) is 23.8. The molecule has 10 heteroatoms. The maximum Gasteiger partial charge on any atom is 0.268 e. The Balaban J connectivity index is 1.50. The smallest absolute Gasteiger partial charge is 0.268 e. The Kier molecular flexibility index (Phi) is 7.31. The molecule has 206 valence electrons. The molecule has 0 fully saturated rings. The molecule has 40 heavy (non-hydrogen) atoms. The molecule has 0 aliphatic heterocycles. The third-order valence-corrected chi connectivity index (χ3v) is 7.33. The number of aliphatic hydroxyl groups is 1. The van der Waals surface area contributed by atoms with Crippen LogP contribution >= 0.6 is 11.3 Å². The highest BCUT2D eigenvalue weighted by Gasteiger charge is 2.25. The van der Waals surface area contributed by atoms with Gasteiger partial charge in [-0.15, -0.1) is 11.3 Å². The van der Waals surface area contributed by atoms with Gasteiger partial charge in [0.1, 0.15) is 0 Å². The number of thiophene rings is 1. The molecule has 2 N–H and O–H groups in total. The fourth-order valence-electron chi connectivity index (χ4n) is 4.51. The number of nitrogens with one attached hydrogen (secondary N) is 1. The molecule has 0 atom stereocenters. The molecular weight excluding hydrogens is 526 g/mol. The summed E-state index contributed by atoms with van der Waals surface area (Å²) in [5.74, 6) is 1.01. The molecule has 0 aliphatic rings. The minimum atomic E-state index is -1.07. The Morgan fingerprint density at radius 1 is 1.12 bits per heavy atom. The van der Waals surface area contributed by atoms with Crippen molar-refractivity contribution in [3.63, 3.8) is 0 Å². The Hall–Kier alpha value is -4.28. The highest BCUT2D eigenvalue weighted by molar-refractivity contribution is 7.17. The van der Waals surface area contributed by atoms with E-state index in [1.54, 1.807) is 54.6 Å². The zero-order chi connectivity index (χ0) is 28.6. The molecule has 0 saturated carbocycles. The molecule has 0 saturated heterocycles. The molecule has 2 amide bonds. The van der Waals surface area contributed by atoms with E-state index in [9.17, 15) is 14.7 Å². The second-order valence-corrected chi connectivity index (χ2v) is 11.6. The van der Waals surface area contributed by atoms with E-state index in [1.807, 2.05) is 56.3 Å². The number of hydrogen-bond donors (Lipinski definition) is 2. The summed E-state index contributed by atoms with van der Waals surface area (Å²) in [4.78, 5) is 38.5. The predicted octanol–water partition coefficient (Wildman–Crippen LogP) is 6.14. The lowest BCUT2D eigenvalue weighted by Gasteiger charge is -2.27. The molecule has 3 heterocycles. The minimum absolute atomic E-state index is 0.107. The molecule has 5 rings (SSSR count). The van der Waals surface area contributed by atoms with E-state index in [1.165, 1.54) is 11.3 Å². The molecular formula is C30H31N5O4S. The van der Waals surface area contributed by atoms with Crippen molar-refractivity contribution in [1.29, 1.82) is 0 Å². The average Bonchev–Trinajstić information content (AvgIpc) is 3.63. The molecule has 2 aromatic carbocycles. The molecule has 0 spiro atoms. The molecule has 0 radical (unpaired) electrons. The molecule has 9 nitrogen and oxygen atoms in total. The van der Waals surface area contributed by atoms with Gasteiger partial charge in [0, 0.05) is 24.2 Å². The Labute approximate surface area is 236 Å². The lowest BCUT2D eigenvalue weighted by molar-refractivity contribution is 0.0630. The van der Waals surface area contributed by atoms with Gasteiger partial charge in [0.15, 0.2) is 11.7 Å². The fourth-order valence-corrected chi connectivity index (χ4v) is 5.36. The van der Waals surface area contributed by atoms with Gasteiger partial charge in [-0.2, -0.15) is 0 Å². The summed E-state index contributed by atoms with van der Waals surface area (Å²) >= 11 is 1.29. The first-order valence-electron chi connectivity index (χ1n) is 13.0. The van der Waals surface area contributed by atoms with E-state index in [0.717, 1.165) is 10.4 Å². The first-order chi connectivity index (χ1) is 19.0. The third-order valence-electron chi connectivity index (χ3n) is 6.23. The van der Waals surface area contributed by atoms with E-state index >= 15 is 0 Å². The SMILES string of the molecule is Cc1ncc(-c2ccc(C(=O)Nc3nc4cc(N(C(=O)c5ccccc5)C(C)C)ccc4n3CC(C)(C)O)s2)o1. The van der Waals surface area contributed by atoms with Crippen LogP contribution in [-0.2, 0) is 6.54 Å². The minimum Gasteiger partial charge on any atom is -0.440 e. The highest BCUT2D eigenvalue weighted by atomic mass is 32.1. The largest absolute Gasteiger partial charge is 0.440 e. The second kappa shape index (κ2) is 10.7. The number of anilines is 2. The molecule has 0 bridgehead atoms. The fraction of sp³-hybridized carbons (Fsp3) is 0.267. The van der Waals surface area contributed by atoms with Crippen LogP contribution in [0.4, 0.5) is 11.6 Å². The summed E-state index contributed by atoms with van der Waals surface area (Å²) in [6.45, 7) is 9.27. The van der Waals surface area contributed by atoms with Crippen molar-refractivity contribution in [3.05, 3.63) is 83.2 Å². The number of carbonyl (C=O) groups excluding carboxylic acids is 2. The number of imidazole rings is 1. The van der Waals surface area contributed by atoms with Gasteiger partial charge in [-0.1, -0.05) is 18.2 Å². The normalized spacial score (nSPS) is 11.8. The van der Waals surface area contributed by atoms with E-state index < -0.39 is 5.60 Å². The van der Waals surface area contributed by atoms with E-state index in [2.05, 4.69) is 10.3 Å². The average molecular weight is 558 g/mol. The predicted molar refractivity (Wildman–Crippen MR) is 157 cm³/mol. The monoisotopic (exact) mass is 557 g/mol. The molecule has 5 aromatic rings. The number of hydrogen-bond acceptors (Lipinski definition) is 7. The molecule has 0 unspecified atom stereocenters. The Morgan fingerprint density at radius 2 is 1.88 bits per heavy atom. The van der Waals surface area contributed by atoms with Crippen molar-refractivity contribution in [1.82, 2.24) is 14.5 Å². The van der Waals surface area contributed by atoms with Crippen LogP contribution in [0.3, 0.4) is 0 Å². The van der Waals surface area contributed by atoms with E-state index in [4.69, 9.17) is 9.40 Å². The van der Waals surface area contributed by atoms with Crippen LogP contribution < -0.4 is 10.2 Å². The quantitative estimate of drug-likeness (QED) is 0.237.